The molecule has 0 aromatic heterocycles. The first-order valence-corrected chi connectivity index (χ1v) is 7.13. The van der Waals surface area contributed by atoms with Gasteiger partial charge in [0.25, 0.3) is 0 Å². The highest BCUT2D eigenvalue weighted by Gasteiger charge is 2.24. The van der Waals surface area contributed by atoms with Crippen LogP contribution in [0.2, 0.25) is 0 Å². The number of rotatable bonds is 4. The van der Waals surface area contributed by atoms with Crippen LogP contribution < -0.4 is 5.32 Å². The van der Waals surface area contributed by atoms with Crippen LogP contribution in [0.5, 0.6) is 0 Å². The highest BCUT2D eigenvalue weighted by molar-refractivity contribution is 5.77. The number of carbonyl (C=O) groups excluding carboxylic acids is 1. The summed E-state index contributed by atoms with van der Waals surface area (Å²) in [5.41, 5.74) is 0.510. The van der Waals surface area contributed by atoms with Gasteiger partial charge >= 0.3 is 0 Å². The van der Waals surface area contributed by atoms with Gasteiger partial charge in [0.15, 0.2) is 0 Å². The summed E-state index contributed by atoms with van der Waals surface area (Å²) in [7, 11) is 1.62. The van der Waals surface area contributed by atoms with Gasteiger partial charge in [-0.05, 0) is 13.0 Å². The average molecular weight is 297 g/mol. The van der Waals surface area contributed by atoms with Crippen molar-refractivity contribution in [2.24, 2.45) is 0 Å². The SMILES string of the molecule is CNC(=O)CN1CCN(C(C)c2ccc(F)cc2F)CC1. The molecule has 1 heterocycles. The minimum atomic E-state index is -0.557. The monoisotopic (exact) mass is 297 g/mol. The Morgan fingerprint density at radius 3 is 2.52 bits per heavy atom. The van der Waals surface area contributed by atoms with Crippen molar-refractivity contribution in [2.45, 2.75) is 13.0 Å². The van der Waals surface area contributed by atoms with Crippen LogP contribution >= 0.6 is 0 Å². The predicted octanol–water partition coefficient (Wildman–Crippen LogP) is 1.39. The maximum Gasteiger partial charge on any atom is 0.233 e. The van der Waals surface area contributed by atoms with Gasteiger partial charge in [0.2, 0.25) is 5.91 Å². The van der Waals surface area contributed by atoms with Gasteiger partial charge in [-0.25, -0.2) is 8.78 Å². The second-order valence-electron chi connectivity index (χ2n) is 5.33. The average Bonchev–Trinajstić information content (AvgIpc) is 2.47. The van der Waals surface area contributed by atoms with E-state index in [-0.39, 0.29) is 11.9 Å². The largest absolute Gasteiger partial charge is 0.358 e. The zero-order valence-electron chi connectivity index (χ0n) is 12.4. The zero-order chi connectivity index (χ0) is 15.4. The molecule has 4 nitrogen and oxygen atoms in total. The van der Waals surface area contributed by atoms with Crippen LogP contribution in [0.3, 0.4) is 0 Å². The number of nitrogens with one attached hydrogen (secondary N) is 1. The third-order valence-electron chi connectivity index (χ3n) is 4.01. The summed E-state index contributed by atoms with van der Waals surface area (Å²) in [5, 5.41) is 2.61. The summed E-state index contributed by atoms with van der Waals surface area (Å²) >= 11 is 0. The smallest absolute Gasteiger partial charge is 0.233 e. The lowest BCUT2D eigenvalue weighted by Crippen LogP contribution is -2.49. The Hall–Kier alpha value is -1.53. The number of carbonyl (C=O) groups is 1. The molecule has 21 heavy (non-hydrogen) atoms. The Bertz CT molecular complexity index is 502. The molecule has 1 aromatic carbocycles. The summed E-state index contributed by atoms with van der Waals surface area (Å²) < 4.78 is 26.8. The summed E-state index contributed by atoms with van der Waals surface area (Å²) in [6.07, 6.45) is 0. The summed E-state index contributed by atoms with van der Waals surface area (Å²) in [4.78, 5) is 15.6. The van der Waals surface area contributed by atoms with Gasteiger partial charge < -0.3 is 5.32 Å². The first kappa shape index (κ1) is 15.9. The highest BCUT2D eigenvalue weighted by Crippen LogP contribution is 2.24. The quantitative estimate of drug-likeness (QED) is 0.912. The van der Waals surface area contributed by atoms with Gasteiger partial charge in [-0.15, -0.1) is 0 Å². The van der Waals surface area contributed by atoms with Crippen molar-refractivity contribution in [1.29, 1.82) is 0 Å². The van der Waals surface area contributed by atoms with Gasteiger partial charge in [0, 0.05) is 50.9 Å². The molecule has 1 N–H and O–H groups in total. The van der Waals surface area contributed by atoms with Gasteiger partial charge in [0.1, 0.15) is 11.6 Å². The fourth-order valence-corrected chi connectivity index (χ4v) is 2.63. The second-order valence-corrected chi connectivity index (χ2v) is 5.33. The lowest BCUT2D eigenvalue weighted by Gasteiger charge is -2.37. The molecule has 1 atom stereocenters. The standard InChI is InChI=1S/C15H21F2N3O/c1-11(13-4-3-12(16)9-14(13)17)20-7-5-19(6-8-20)10-15(21)18-2/h3-4,9,11H,5-8,10H2,1-2H3,(H,18,21). The van der Waals surface area contributed by atoms with Gasteiger partial charge in [0.05, 0.1) is 6.54 Å². The molecule has 0 aliphatic carbocycles. The Labute approximate surface area is 123 Å². The molecule has 0 saturated carbocycles. The van der Waals surface area contributed by atoms with Crippen LogP contribution in [0, 0.1) is 11.6 Å². The van der Waals surface area contributed by atoms with E-state index in [0.717, 1.165) is 32.2 Å². The molecule has 1 unspecified atom stereocenters. The van der Waals surface area contributed by atoms with Crippen LogP contribution in [0.15, 0.2) is 18.2 Å². The number of hydrogen-bond acceptors (Lipinski definition) is 3. The summed E-state index contributed by atoms with van der Waals surface area (Å²) in [6.45, 7) is 5.36. The molecule has 2 rings (SSSR count). The van der Waals surface area contributed by atoms with E-state index in [1.54, 1.807) is 7.05 Å². The van der Waals surface area contributed by atoms with E-state index in [2.05, 4.69) is 15.1 Å². The molecule has 1 fully saturated rings. The first-order chi connectivity index (χ1) is 10.0. The Kier molecular flexibility index (Phi) is 5.25. The van der Waals surface area contributed by atoms with E-state index in [4.69, 9.17) is 0 Å². The third kappa shape index (κ3) is 3.98. The minimum Gasteiger partial charge on any atom is -0.358 e. The van der Waals surface area contributed by atoms with Crippen molar-refractivity contribution >= 4 is 5.91 Å². The molecule has 0 bridgehead atoms. The molecule has 0 spiro atoms. The fourth-order valence-electron chi connectivity index (χ4n) is 2.63. The summed E-state index contributed by atoms with van der Waals surface area (Å²) in [5.74, 6) is -1.06. The number of benzene rings is 1. The lowest BCUT2D eigenvalue weighted by molar-refractivity contribution is -0.122. The topological polar surface area (TPSA) is 35.6 Å². The van der Waals surface area contributed by atoms with E-state index in [0.29, 0.717) is 12.1 Å². The number of amides is 1. The first-order valence-electron chi connectivity index (χ1n) is 7.13. The third-order valence-corrected chi connectivity index (χ3v) is 4.01. The van der Waals surface area contributed by atoms with Crippen LogP contribution in [0.25, 0.3) is 0 Å². The van der Waals surface area contributed by atoms with Crippen molar-refractivity contribution < 1.29 is 13.6 Å². The van der Waals surface area contributed by atoms with E-state index in [1.165, 1.54) is 12.1 Å². The predicted molar refractivity (Wildman–Crippen MR) is 76.9 cm³/mol. The number of piperazine rings is 1. The molecule has 116 valence electrons. The van der Waals surface area contributed by atoms with Gasteiger partial charge in [-0.3, -0.25) is 14.6 Å². The molecule has 1 aromatic rings. The molecular formula is C15H21F2N3O. The number of nitrogens with zero attached hydrogens (tertiary/aromatic N) is 2. The summed E-state index contributed by atoms with van der Waals surface area (Å²) in [6, 6.07) is 3.61. The number of halogens is 2. The van der Waals surface area contributed by atoms with E-state index >= 15 is 0 Å². The maximum absolute atomic E-state index is 13.8. The van der Waals surface area contributed by atoms with Crippen LogP contribution in [-0.4, -0.2) is 55.5 Å². The van der Waals surface area contributed by atoms with E-state index in [9.17, 15) is 13.6 Å². The molecular weight excluding hydrogens is 276 g/mol. The fraction of sp³-hybridized carbons (Fsp3) is 0.533. The zero-order valence-corrected chi connectivity index (χ0v) is 12.4. The molecule has 1 amide bonds. The van der Waals surface area contributed by atoms with Crippen molar-refractivity contribution in [1.82, 2.24) is 15.1 Å². The maximum atomic E-state index is 13.8. The molecule has 0 radical (unpaired) electrons. The normalized spacial score (nSPS) is 18.5. The number of hydrogen-bond donors (Lipinski definition) is 1. The van der Waals surface area contributed by atoms with Crippen molar-refractivity contribution in [2.75, 3.05) is 39.8 Å². The lowest BCUT2D eigenvalue weighted by atomic mass is 10.1. The van der Waals surface area contributed by atoms with Gasteiger partial charge in [-0.2, -0.15) is 0 Å². The Morgan fingerprint density at radius 1 is 1.29 bits per heavy atom. The Morgan fingerprint density at radius 2 is 1.95 bits per heavy atom. The Balaban J connectivity index is 1.93. The number of likely N-dealkylation sites (N-methyl/N-ethyl adjacent to an activating group) is 1. The van der Waals surface area contributed by atoms with Gasteiger partial charge in [-0.1, -0.05) is 6.07 Å². The van der Waals surface area contributed by atoms with E-state index in [1.807, 2.05) is 6.92 Å². The van der Waals surface area contributed by atoms with Crippen LogP contribution in [0.4, 0.5) is 8.78 Å². The van der Waals surface area contributed by atoms with Crippen LogP contribution in [0.1, 0.15) is 18.5 Å². The van der Waals surface area contributed by atoms with E-state index < -0.39 is 11.6 Å². The van der Waals surface area contributed by atoms with Crippen molar-refractivity contribution in [3.8, 4) is 0 Å². The highest BCUT2D eigenvalue weighted by atomic mass is 19.1. The molecule has 1 aliphatic rings. The molecule has 1 saturated heterocycles. The van der Waals surface area contributed by atoms with Crippen molar-refractivity contribution in [3.05, 3.63) is 35.4 Å². The van der Waals surface area contributed by atoms with Crippen molar-refractivity contribution in [3.63, 3.8) is 0 Å². The van der Waals surface area contributed by atoms with Crippen LogP contribution in [-0.2, 0) is 4.79 Å². The molecule has 1 aliphatic heterocycles. The second kappa shape index (κ2) is 6.95. The minimum absolute atomic E-state index is 0.000998. The molecule has 6 heteroatoms.